The molecule has 0 aromatic rings. The number of rotatable bonds is 14. The van der Waals surface area contributed by atoms with Crippen molar-refractivity contribution in [2.45, 2.75) is 66.2 Å². The third kappa shape index (κ3) is 7.41. The molecule has 0 aromatic carbocycles. The van der Waals surface area contributed by atoms with Crippen molar-refractivity contribution in [3.63, 3.8) is 0 Å². The van der Waals surface area contributed by atoms with Gasteiger partial charge in [-0.05, 0) is 0 Å². The van der Waals surface area contributed by atoms with Crippen molar-refractivity contribution in [3.05, 3.63) is 0 Å². The van der Waals surface area contributed by atoms with Gasteiger partial charge >= 0.3 is 138 Å². The molecule has 0 radical (unpaired) electrons. The van der Waals surface area contributed by atoms with Gasteiger partial charge in [0.2, 0.25) is 0 Å². The van der Waals surface area contributed by atoms with E-state index >= 15 is 0 Å². The van der Waals surface area contributed by atoms with Gasteiger partial charge in [-0.3, -0.25) is 0 Å². The molecule has 0 aliphatic heterocycles. The van der Waals surface area contributed by atoms with Crippen LogP contribution in [0.2, 0.25) is 0 Å². The summed E-state index contributed by atoms with van der Waals surface area (Å²) in [7, 11) is -2.02. The third-order valence-electron chi connectivity index (χ3n) is 4.29. The van der Waals surface area contributed by atoms with E-state index in [1.54, 1.807) is 0 Å². The summed E-state index contributed by atoms with van der Waals surface area (Å²) in [6.07, 6.45) is 9.75. The van der Waals surface area contributed by atoms with Crippen LogP contribution in [-0.2, 0) is 17.9 Å². The van der Waals surface area contributed by atoms with Gasteiger partial charge in [-0.25, -0.2) is 0 Å². The first kappa shape index (κ1) is 22.5. The van der Waals surface area contributed by atoms with E-state index in [0.29, 0.717) is 6.61 Å². The maximum atomic E-state index is 12.9. The summed E-state index contributed by atoms with van der Waals surface area (Å²) in [6.45, 7) is 8.45. The summed E-state index contributed by atoms with van der Waals surface area (Å²) in [6, 6.07) is 0. The van der Waals surface area contributed by atoms with Gasteiger partial charge < -0.3 is 0 Å². The summed E-state index contributed by atoms with van der Waals surface area (Å²) in [4.78, 5) is 0. The third-order valence-corrected chi connectivity index (χ3v) is 12.9. The zero-order valence-electron chi connectivity index (χ0n) is 15.6. The molecule has 0 rings (SSSR count). The van der Waals surface area contributed by atoms with E-state index in [4.69, 9.17) is 13.4 Å². The van der Waals surface area contributed by atoms with Gasteiger partial charge in [0.1, 0.15) is 0 Å². The second-order valence-corrected chi connectivity index (χ2v) is 14.4. The molecule has 0 spiro atoms. The molecule has 0 aromatic heterocycles. The van der Waals surface area contributed by atoms with Crippen molar-refractivity contribution in [1.29, 1.82) is 0 Å². The fraction of sp³-hybridized carbons (Fsp3) is 1.00. The Morgan fingerprint density at radius 1 is 0.864 bits per heavy atom. The van der Waals surface area contributed by atoms with Crippen LogP contribution in [0, 0.1) is 0 Å². The van der Waals surface area contributed by atoms with Gasteiger partial charge in [-0.1, -0.05) is 0 Å². The number of phosphoric ester groups is 1. The van der Waals surface area contributed by atoms with Crippen LogP contribution in [0.4, 0.5) is 0 Å². The van der Waals surface area contributed by atoms with E-state index in [1.165, 1.54) is 7.11 Å². The van der Waals surface area contributed by atoms with Gasteiger partial charge in [0.15, 0.2) is 0 Å². The number of hydrogen-bond donors (Lipinski definition) is 0. The van der Waals surface area contributed by atoms with Crippen LogP contribution >= 0.6 is 14.7 Å². The Labute approximate surface area is 138 Å². The topological polar surface area (TPSA) is 44.8 Å². The first-order chi connectivity index (χ1) is 10.3. The molecule has 4 nitrogen and oxygen atoms in total. The second-order valence-electron chi connectivity index (χ2n) is 6.55. The van der Waals surface area contributed by atoms with Gasteiger partial charge in [0, 0.05) is 0 Å². The minimum atomic E-state index is -3.45. The summed E-state index contributed by atoms with van der Waals surface area (Å²) in [5.41, 5.74) is 0. The predicted octanol–water partition coefficient (Wildman–Crippen LogP) is 6.29. The van der Waals surface area contributed by atoms with E-state index < -0.39 is 14.7 Å². The predicted molar refractivity (Wildman–Crippen MR) is 99.5 cm³/mol. The number of phosphoric acid groups is 1. The van der Waals surface area contributed by atoms with E-state index in [-0.39, 0.29) is 0 Å². The minimum absolute atomic E-state index is 0.340. The van der Waals surface area contributed by atoms with E-state index in [2.05, 4.69) is 27.4 Å². The van der Waals surface area contributed by atoms with Crippen LogP contribution in [0.1, 0.15) is 66.2 Å². The molecule has 0 heterocycles. The Bertz CT molecular complexity index is 323. The second kappa shape index (κ2) is 10.4. The Morgan fingerprint density at radius 3 is 1.55 bits per heavy atom. The standard InChI is InChI=1S/C16H38O4P2/c1-7-11-14-22(6,15-12-8-2,16-13-9-3)20-21(17,18-5)19-10-4/h7-16H2,1-6H3. The molecule has 0 aliphatic carbocycles. The van der Waals surface area contributed by atoms with Crippen molar-refractivity contribution in [2.75, 3.05) is 38.9 Å². The van der Waals surface area contributed by atoms with Gasteiger partial charge in [0.05, 0.1) is 0 Å². The normalized spacial score (nSPS) is 16.9. The molecule has 0 aliphatic rings. The summed E-state index contributed by atoms with van der Waals surface area (Å²) >= 11 is 0. The molecule has 1 atom stereocenters. The van der Waals surface area contributed by atoms with Crippen molar-refractivity contribution < 1.29 is 17.9 Å². The molecule has 22 heavy (non-hydrogen) atoms. The van der Waals surface area contributed by atoms with Gasteiger partial charge in [0.25, 0.3) is 0 Å². The average Bonchev–Trinajstić information content (AvgIpc) is 2.50. The quantitative estimate of drug-likeness (QED) is 0.343. The average molecular weight is 356 g/mol. The zero-order chi connectivity index (χ0) is 17.1. The molecule has 6 heteroatoms. The van der Waals surface area contributed by atoms with Crippen LogP contribution in [0.3, 0.4) is 0 Å². The molecule has 0 fully saturated rings. The SMILES string of the molecule is CCCCP(C)(CCCC)(CCCC)OP(=O)(OC)OCC. The van der Waals surface area contributed by atoms with E-state index in [1.807, 2.05) is 6.92 Å². The fourth-order valence-corrected chi connectivity index (χ4v) is 11.5. The van der Waals surface area contributed by atoms with Crippen molar-refractivity contribution in [3.8, 4) is 0 Å². The summed E-state index contributed by atoms with van der Waals surface area (Å²) in [5, 5.41) is 0. The van der Waals surface area contributed by atoms with Crippen LogP contribution < -0.4 is 0 Å². The first-order valence-corrected chi connectivity index (χ1v) is 13.5. The Morgan fingerprint density at radius 2 is 1.27 bits per heavy atom. The Balaban J connectivity index is 5.51. The van der Waals surface area contributed by atoms with Crippen LogP contribution in [0.5, 0.6) is 0 Å². The molecule has 0 saturated heterocycles. The summed E-state index contributed by atoms with van der Waals surface area (Å²) in [5.74, 6) is 0. The van der Waals surface area contributed by atoms with Crippen LogP contribution in [0.15, 0.2) is 0 Å². The van der Waals surface area contributed by atoms with E-state index in [9.17, 15) is 4.57 Å². The van der Waals surface area contributed by atoms with Crippen LogP contribution in [-0.4, -0.2) is 38.9 Å². The van der Waals surface area contributed by atoms with Crippen LogP contribution in [0.25, 0.3) is 0 Å². The Kier molecular flexibility index (Phi) is 10.7. The van der Waals surface area contributed by atoms with E-state index in [0.717, 1.165) is 57.0 Å². The Hall–Kier alpha value is 0.540. The first-order valence-electron chi connectivity index (χ1n) is 8.83. The number of unbranched alkanes of at least 4 members (excludes halogenated alkanes) is 3. The molecule has 0 saturated carbocycles. The maximum absolute atomic E-state index is 12.9. The monoisotopic (exact) mass is 356 g/mol. The van der Waals surface area contributed by atoms with Crippen molar-refractivity contribution in [1.82, 2.24) is 0 Å². The fourth-order valence-electron chi connectivity index (χ4n) is 2.85. The molecule has 1 unspecified atom stereocenters. The molecule has 0 bridgehead atoms. The molecule has 136 valence electrons. The zero-order valence-corrected chi connectivity index (χ0v) is 17.4. The van der Waals surface area contributed by atoms with Gasteiger partial charge in [-0.15, -0.1) is 0 Å². The molecule has 0 amide bonds. The van der Waals surface area contributed by atoms with Gasteiger partial charge in [-0.2, -0.15) is 0 Å². The van der Waals surface area contributed by atoms with Crippen molar-refractivity contribution in [2.24, 2.45) is 0 Å². The molecule has 0 N–H and O–H groups in total. The van der Waals surface area contributed by atoms with Crippen molar-refractivity contribution >= 4 is 14.7 Å². The number of hydrogen-bond acceptors (Lipinski definition) is 4. The molecular formula is C16H38O4P2. The summed E-state index contributed by atoms with van der Waals surface area (Å²) < 4.78 is 29.8. The molecular weight excluding hydrogens is 318 g/mol.